The average molecular weight is 276 g/mol. The van der Waals surface area contributed by atoms with Crippen molar-refractivity contribution in [3.05, 3.63) is 11.8 Å². The first-order chi connectivity index (χ1) is 8.54. The number of imide groups is 1. The van der Waals surface area contributed by atoms with Gasteiger partial charge >= 0.3 is 12.2 Å². The quantitative estimate of drug-likeness (QED) is 0.785. The van der Waals surface area contributed by atoms with Crippen molar-refractivity contribution in [1.82, 2.24) is 15.1 Å². The minimum Gasteiger partial charge on any atom is -0.323 e. The molecule has 1 saturated heterocycles. The highest BCUT2D eigenvalue weighted by molar-refractivity contribution is 6.22. The van der Waals surface area contributed by atoms with Gasteiger partial charge in [0.25, 0.3) is 5.91 Å². The Balaban J connectivity index is 2.46. The number of carbonyl (C=O) groups is 2. The van der Waals surface area contributed by atoms with E-state index in [0.717, 1.165) is 4.68 Å². The molecule has 9 heteroatoms. The number of nitrogens with zero attached hydrogens (tertiary/aromatic N) is 3. The SMILES string of the molecule is Cn1nc(C(F)(F)F)cc1N1C(=O)NC(C)(C)C1=O. The highest BCUT2D eigenvalue weighted by Gasteiger charge is 2.47. The smallest absolute Gasteiger partial charge is 0.323 e. The van der Waals surface area contributed by atoms with Crippen LogP contribution in [0.2, 0.25) is 0 Å². The highest BCUT2D eigenvalue weighted by atomic mass is 19.4. The number of aryl methyl sites for hydroxylation is 1. The van der Waals surface area contributed by atoms with Crippen LogP contribution in [-0.2, 0) is 18.0 Å². The van der Waals surface area contributed by atoms with E-state index in [0.29, 0.717) is 11.0 Å². The van der Waals surface area contributed by atoms with Gasteiger partial charge in [0.2, 0.25) is 0 Å². The van der Waals surface area contributed by atoms with Gasteiger partial charge in [0, 0.05) is 13.1 Å². The average Bonchev–Trinajstić information content (AvgIpc) is 2.67. The summed E-state index contributed by atoms with van der Waals surface area (Å²) in [5.41, 5.74) is -2.31. The van der Waals surface area contributed by atoms with Crippen molar-refractivity contribution < 1.29 is 22.8 Å². The molecule has 6 nitrogen and oxygen atoms in total. The summed E-state index contributed by atoms with van der Waals surface area (Å²) in [5, 5.41) is 5.64. The third kappa shape index (κ3) is 2.04. The zero-order valence-corrected chi connectivity index (χ0v) is 10.4. The van der Waals surface area contributed by atoms with Crippen molar-refractivity contribution in [3.8, 4) is 0 Å². The number of aromatic nitrogens is 2. The normalized spacial score (nSPS) is 18.9. The van der Waals surface area contributed by atoms with Gasteiger partial charge in [-0.1, -0.05) is 0 Å². The van der Waals surface area contributed by atoms with Crippen molar-refractivity contribution in [3.63, 3.8) is 0 Å². The maximum absolute atomic E-state index is 12.5. The minimum atomic E-state index is -4.63. The van der Waals surface area contributed by atoms with E-state index < -0.39 is 29.3 Å². The van der Waals surface area contributed by atoms with Gasteiger partial charge < -0.3 is 5.32 Å². The maximum atomic E-state index is 12.5. The molecular weight excluding hydrogens is 265 g/mol. The number of nitrogens with one attached hydrogen (secondary N) is 1. The molecule has 2 heterocycles. The standard InChI is InChI=1S/C10H11F3N4O2/c1-9(2)7(18)17(8(19)14-9)6-4-5(10(11,12)13)15-16(6)3/h4H,1-3H3,(H,14,19). The van der Waals surface area contributed by atoms with Crippen LogP contribution in [-0.4, -0.2) is 27.3 Å². The number of urea groups is 1. The number of rotatable bonds is 1. The molecule has 1 aromatic heterocycles. The van der Waals surface area contributed by atoms with Crippen LogP contribution in [0.4, 0.5) is 23.8 Å². The molecule has 0 atom stereocenters. The number of carbonyl (C=O) groups excluding carboxylic acids is 2. The Morgan fingerprint density at radius 3 is 2.26 bits per heavy atom. The predicted octanol–water partition coefficient (Wildman–Crippen LogP) is 1.27. The zero-order chi connectivity index (χ0) is 14.6. The van der Waals surface area contributed by atoms with Gasteiger partial charge in [0.1, 0.15) is 11.4 Å². The van der Waals surface area contributed by atoms with Crippen molar-refractivity contribution in [2.45, 2.75) is 25.6 Å². The first-order valence-corrected chi connectivity index (χ1v) is 5.32. The van der Waals surface area contributed by atoms with E-state index in [1.54, 1.807) is 0 Å². The number of hydrogen-bond donors (Lipinski definition) is 1. The molecule has 104 valence electrons. The molecule has 3 amide bonds. The van der Waals surface area contributed by atoms with Gasteiger partial charge in [-0.25, -0.2) is 9.69 Å². The van der Waals surface area contributed by atoms with Crippen LogP contribution in [0.15, 0.2) is 6.07 Å². The van der Waals surface area contributed by atoms with E-state index in [1.165, 1.54) is 20.9 Å². The van der Waals surface area contributed by atoms with Crippen LogP contribution in [0.3, 0.4) is 0 Å². The fourth-order valence-electron chi connectivity index (χ4n) is 1.76. The lowest BCUT2D eigenvalue weighted by molar-refractivity contribution is -0.141. The highest BCUT2D eigenvalue weighted by Crippen LogP contribution is 2.32. The molecule has 0 unspecified atom stereocenters. The van der Waals surface area contributed by atoms with E-state index >= 15 is 0 Å². The number of halogens is 3. The number of alkyl halides is 3. The van der Waals surface area contributed by atoms with Gasteiger partial charge in [-0.05, 0) is 13.8 Å². The van der Waals surface area contributed by atoms with Crippen molar-refractivity contribution in [1.29, 1.82) is 0 Å². The summed E-state index contributed by atoms with van der Waals surface area (Å²) in [7, 11) is 1.23. The fraction of sp³-hybridized carbons (Fsp3) is 0.500. The second-order valence-electron chi connectivity index (χ2n) is 4.70. The minimum absolute atomic E-state index is 0.222. The molecule has 19 heavy (non-hydrogen) atoms. The van der Waals surface area contributed by atoms with E-state index in [9.17, 15) is 22.8 Å². The van der Waals surface area contributed by atoms with Crippen molar-refractivity contribution in [2.24, 2.45) is 7.05 Å². The molecule has 1 N–H and O–H groups in total. The number of anilines is 1. The van der Waals surface area contributed by atoms with E-state index in [1.807, 2.05) is 0 Å². The molecule has 0 spiro atoms. The Bertz CT molecular complexity index is 562. The molecular formula is C10H11F3N4O2. The van der Waals surface area contributed by atoms with Gasteiger partial charge in [-0.3, -0.25) is 9.48 Å². The summed E-state index contributed by atoms with van der Waals surface area (Å²) >= 11 is 0. The fourth-order valence-corrected chi connectivity index (χ4v) is 1.76. The van der Waals surface area contributed by atoms with Crippen LogP contribution in [0.1, 0.15) is 19.5 Å². The summed E-state index contributed by atoms with van der Waals surface area (Å²) in [6.07, 6.45) is -4.63. The zero-order valence-electron chi connectivity index (χ0n) is 10.4. The summed E-state index contributed by atoms with van der Waals surface area (Å²) in [6, 6.07) is -0.106. The lowest BCUT2D eigenvalue weighted by Crippen LogP contribution is -2.40. The number of hydrogen-bond acceptors (Lipinski definition) is 3. The maximum Gasteiger partial charge on any atom is 0.435 e. The Hall–Kier alpha value is -2.06. The molecule has 1 fully saturated rings. The largest absolute Gasteiger partial charge is 0.435 e. The molecule has 2 rings (SSSR count). The van der Waals surface area contributed by atoms with Crippen LogP contribution < -0.4 is 10.2 Å². The Kier molecular flexibility index (Phi) is 2.62. The van der Waals surface area contributed by atoms with Crippen molar-refractivity contribution >= 4 is 17.8 Å². The summed E-state index contributed by atoms with van der Waals surface area (Å²) in [5.74, 6) is -0.852. The number of amides is 3. The molecule has 0 bridgehead atoms. The second-order valence-corrected chi connectivity index (χ2v) is 4.70. The lowest BCUT2D eigenvalue weighted by atomic mass is 10.1. The van der Waals surface area contributed by atoms with Gasteiger partial charge in [-0.2, -0.15) is 18.3 Å². The van der Waals surface area contributed by atoms with Crippen LogP contribution in [0.25, 0.3) is 0 Å². The summed E-state index contributed by atoms with van der Waals surface area (Å²) in [4.78, 5) is 24.3. The first-order valence-electron chi connectivity index (χ1n) is 5.32. The Morgan fingerprint density at radius 1 is 1.32 bits per heavy atom. The van der Waals surface area contributed by atoms with Gasteiger partial charge in [0.05, 0.1) is 0 Å². The summed E-state index contributed by atoms with van der Waals surface area (Å²) in [6.45, 7) is 2.93. The van der Waals surface area contributed by atoms with E-state index in [2.05, 4.69) is 10.4 Å². The van der Waals surface area contributed by atoms with Crippen LogP contribution in [0.5, 0.6) is 0 Å². The van der Waals surface area contributed by atoms with Crippen LogP contribution >= 0.6 is 0 Å². The summed E-state index contributed by atoms with van der Waals surface area (Å²) < 4.78 is 38.5. The first kappa shape index (κ1) is 13.4. The van der Waals surface area contributed by atoms with E-state index in [4.69, 9.17) is 0 Å². The molecule has 1 aliphatic heterocycles. The van der Waals surface area contributed by atoms with Crippen molar-refractivity contribution in [2.75, 3.05) is 4.90 Å². The predicted molar refractivity (Wildman–Crippen MR) is 58.3 cm³/mol. The monoisotopic (exact) mass is 276 g/mol. The molecule has 1 aliphatic rings. The molecule has 0 aromatic carbocycles. The Labute approximate surface area is 106 Å². The molecule has 0 radical (unpaired) electrons. The molecule has 1 aromatic rings. The molecule has 0 saturated carbocycles. The molecule has 0 aliphatic carbocycles. The second kappa shape index (κ2) is 3.72. The Morgan fingerprint density at radius 2 is 1.89 bits per heavy atom. The third-order valence-corrected chi connectivity index (χ3v) is 2.73. The topological polar surface area (TPSA) is 67.2 Å². The third-order valence-electron chi connectivity index (χ3n) is 2.73. The lowest BCUT2D eigenvalue weighted by Gasteiger charge is -2.15. The van der Waals surface area contributed by atoms with E-state index in [-0.39, 0.29) is 5.82 Å². The van der Waals surface area contributed by atoms with Gasteiger partial charge in [-0.15, -0.1) is 0 Å². The van der Waals surface area contributed by atoms with Crippen LogP contribution in [0, 0.1) is 0 Å². The van der Waals surface area contributed by atoms with Gasteiger partial charge in [0.15, 0.2) is 5.69 Å².